The lowest BCUT2D eigenvalue weighted by Crippen LogP contribution is -2.61. The standard InChI is InChI=1S/C15H23NO2S2/c1-5-19-13-8-6-12(7-9-13)15(10-18-11-15)16-20(17)14(2,3)4/h6-9,16H,5,10-11H2,1-4H3. The van der Waals surface area contributed by atoms with Crippen LogP contribution in [0.25, 0.3) is 0 Å². The van der Waals surface area contributed by atoms with Crippen LogP contribution in [0.2, 0.25) is 0 Å². The van der Waals surface area contributed by atoms with Crippen molar-refractivity contribution in [2.75, 3.05) is 19.0 Å². The molecule has 112 valence electrons. The summed E-state index contributed by atoms with van der Waals surface area (Å²) in [6, 6.07) is 8.50. The van der Waals surface area contributed by atoms with Gasteiger partial charge >= 0.3 is 0 Å². The van der Waals surface area contributed by atoms with Crippen LogP contribution in [-0.4, -0.2) is 28.3 Å². The molecule has 1 fully saturated rings. The normalized spacial score (nSPS) is 19.4. The summed E-state index contributed by atoms with van der Waals surface area (Å²) < 4.78 is 20.7. The molecule has 1 saturated heterocycles. The molecule has 1 aromatic rings. The highest BCUT2D eigenvalue weighted by atomic mass is 32.2. The van der Waals surface area contributed by atoms with E-state index in [9.17, 15) is 4.55 Å². The lowest BCUT2D eigenvalue weighted by atomic mass is 9.89. The largest absolute Gasteiger partial charge is 0.598 e. The minimum absolute atomic E-state index is 0.277. The van der Waals surface area contributed by atoms with E-state index in [-0.39, 0.29) is 10.3 Å². The molecule has 1 unspecified atom stereocenters. The molecule has 0 bridgehead atoms. The van der Waals surface area contributed by atoms with Crippen molar-refractivity contribution < 1.29 is 9.29 Å². The highest BCUT2D eigenvalue weighted by molar-refractivity contribution is 7.99. The van der Waals surface area contributed by atoms with Gasteiger partial charge < -0.3 is 9.29 Å². The molecule has 1 aliphatic heterocycles. The molecule has 1 atom stereocenters. The highest BCUT2D eigenvalue weighted by Crippen LogP contribution is 2.33. The zero-order chi connectivity index (χ0) is 14.8. The van der Waals surface area contributed by atoms with Crippen molar-refractivity contribution in [1.82, 2.24) is 4.72 Å². The Morgan fingerprint density at radius 1 is 1.30 bits per heavy atom. The average molecular weight is 313 g/mol. The fraction of sp³-hybridized carbons (Fsp3) is 0.600. The van der Waals surface area contributed by atoms with Gasteiger partial charge in [0.2, 0.25) is 0 Å². The van der Waals surface area contributed by atoms with Crippen LogP contribution in [-0.2, 0) is 21.6 Å². The zero-order valence-corrected chi connectivity index (χ0v) is 14.2. The predicted octanol–water partition coefficient (Wildman–Crippen LogP) is 3.08. The molecular formula is C15H23NO2S2. The maximum absolute atomic E-state index is 12.4. The number of benzene rings is 1. The summed E-state index contributed by atoms with van der Waals surface area (Å²) in [6.45, 7) is 9.23. The fourth-order valence-electron chi connectivity index (χ4n) is 1.96. The SMILES string of the molecule is CCSc1ccc(C2(N[S+]([O-])C(C)(C)C)COC2)cc1. The van der Waals surface area contributed by atoms with Gasteiger partial charge in [-0.1, -0.05) is 19.1 Å². The van der Waals surface area contributed by atoms with Crippen LogP contribution >= 0.6 is 11.8 Å². The van der Waals surface area contributed by atoms with Gasteiger partial charge in [0.15, 0.2) is 0 Å². The molecule has 3 nitrogen and oxygen atoms in total. The van der Waals surface area contributed by atoms with E-state index in [0.29, 0.717) is 13.2 Å². The summed E-state index contributed by atoms with van der Waals surface area (Å²) in [6.07, 6.45) is 0. The molecular weight excluding hydrogens is 290 g/mol. The first-order valence-corrected chi connectivity index (χ1v) is 9.02. The third-order valence-corrected chi connectivity index (χ3v) is 5.84. The number of rotatable bonds is 5. The lowest BCUT2D eigenvalue weighted by molar-refractivity contribution is -0.0666. The number of hydrogen-bond acceptors (Lipinski definition) is 4. The Kier molecular flexibility index (Phi) is 5.08. The van der Waals surface area contributed by atoms with Crippen LogP contribution in [0.15, 0.2) is 29.2 Å². The Bertz CT molecular complexity index is 438. The summed E-state index contributed by atoms with van der Waals surface area (Å²) in [5.41, 5.74) is 0.856. The van der Waals surface area contributed by atoms with Gasteiger partial charge in [-0.15, -0.1) is 16.5 Å². The van der Waals surface area contributed by atoms with E-state index in [0.717, 1.165) is 11.3 Å². The van der Waals surface area contributed by atoms with Gasteiger partial charge in [0.1, 0.15) is 10.3 Å². The molecule has 1 aromatic carbocycles. The molecule has 0 radical (unpaired) electrons. The molecule has 0 spiro atoms. The monoisotopic (exact) mass is 313 g/mol. The fourth-order valence-corrected chi connectivity index (χ4v) is 3.52. The second kappa shape index (κ2) is 6.28. The van der Waals surface area contributed by atoms with Crippen molar-refractivity contribution in [1.29, 1.82) is 0 Å². The van der Waals surface area contributed by atoms with Crippen molar-refractivity contribution in [2.24, 2.45) is 0 Å². The Morgan fingerprint density at radius 2 is 1.90 bits per heavy atom. The molecule has 5 heteroatoms. The summed E-state index contributed by atoms with van der Waals surface area (Å²) >= 11 is 0.727. The molecule has 1 N–H and O–H groups in total. The van der Waals surface area contributed by atoms with Gasteiger partial charge in [0, 0.05) is 16.3 Å². The molecule has 0 amide bonds. The van der Waals surface area contributed by atoms with Crippen molar-refractivity contribution in [2.45, 2.75) is 42.9 Å². The van der Waals surface area contributed by atoms with E-state index in [1.54, 1.807) is 0 Å². The van der Waals surface area contributed by atoms with E-state index in [2.05, 4.69) is 35.9 Å². The van der Waals surface area contributed by atoms with Crippen molar-refractivity contribution in [3.63, 3.8) is 0 Å². The van der Waals surface area contributed by atoms with Gasteiger partial charge in [0.05, 0.1) is 13.2 Å². The zero-order valence-electron chi connectivity index (χ0n) is 12.6. The summed E-state index contributed by atoms with van der Waals surface area (Å²) in [4.78, 5) is 1.27. The van der Waals surface area contributed by atoms with Crippen LogP contribution in [0.3, 0.4) is 0 Å². The number of ether oxygens (including phenoxy) is 1. The van der Waals surface area contributed by atoms with Gasteiger partial charge in [-0.25, -0.2) is 0 Å². The van der Waals surface area contributed by atoms with Crippen molar-refractivity contribution in [3.05, 3.63) is 29.8 Å². The third-order valence-electron chi connectivity index (χ3n) is 3.26. The lowest BCUT2D eigenvalue weighted by Gasteiger charge is -2.43. The van der Waals surface area contributed by atoms with E-state index >= 15 is 0 Å². The van der Waals surface area contributed by atoms with E-state index < -0.39 is 11.4 Å². The molecule has 0 saturated carbocycles. The maximum Gasteiger partial charge on any atom is 0.136 e. The Morgan fingerprint density at radius 3 is 2.30 bits per heavy atom. The average Bonchev–Trinajstić information content (AvgIpc) is 2.34. The van der Waals surface area contributed by atoms with Gasteiger partial charge in [-0.3, -0.25) is 0 Å². The van der Waals surface area contributed by atoms with Crippen LogP contribution in [0, 0.1) is 0 Å². The second-order valence-electron chi connectivity index (χ2n) is 6.02. The summed E-state index contributed by atoms with van der Waals surface area (Å²) in [5.74, 6) is 1.07. The van der Waals surface area contributed by atoms with Gasteiger partial charge in [0.25, 0.3) is 0 Å². The molecule has 2 rings (SSSR count). The quantitative estimate of drug-likeness (QED) is 0.670. The summed E-state index contributed by atoms with van der Waals surface area (Å²) in [5, 5.41) is 0. The smallest absolute Gasteiger partial charge is 0.136 e. The maximum atomic E-state index is 12.4. The molecule has 0 aromatic heterocycles. The van der Waals surface area contributed by atoms with Gasteiger partial charge in [-0.2, -0.15) is 0 Å². The van der Waals surface area contributed by atoms with Crippen LogP contribution < -0.4 is 4.72 Å². The Labute approximate surface area is 129 Å². The molecule has 1 heterocycles. The highest BCUT2D eigenvalue weighted by Gasteiger charge is 2.46. The topological polar surface area (TPSA) is 44.3 Å². The first kappa shape index (κ1) is 16.2. The van der Waals surface area contributed by atoms with Crippen LogP contribution in [0.5, 0.6) is 0 Å². The number of thioether (sulfide) groups is 1. The van der Waals surface area contributed by atoms with Crippen molar-refractivity contribution in [3.8, 4) is 0 Å². The first-order chi connectivity index (χ1) is 9.37. The van der Waals surface area contributed by atoms with E-state index in [4.69, 9.17) is 4.74 Å². The number of hydrogen-bond donors (Lipinski definition) is 1. The first-order valence-electron chi connectivity index (χ1n) is 6.88. The predicted molar refractivity (Wildman–Crippen MR) is 86.4 cm³/mol. The molecule has 1 aliphatic rings. The Balaban J connectivity index is 2.14. The molecule has 20 heavy (non-hydrogen) atoms. The second-order valence-corrected chi connectivity index (χ2v) is 9.32. The minimum atomic E-state index is -1.10. The minimum Gasteiger partial charge on any atom is -0.598 e. The van der Waals surface area contributed by atoms with Crippen molar-refractivity contribution >= 4 is 23.1 Å². The third kappa shape index (κ3) is 3.52. The Hall–Kier alpha value is -0.200. The number of nitrogens with one attached hydrogen (secondary N) is 1. The van der Waals surface area contributed by atoms with E-state index in [1.807, 2.05) is 32.5 Å². The summed E-state index contributed by atoms with van der Waals surface area (Å²) in [7, 11) is 0. The van der Waals surface area contributed by atoms with Crippen LogP contribution in [0.1, 0.15) is 33.3 Å². The van der Waals surface area contributed by atoms with E-state index in [1.165, 1.54) is 4.90 Å². The molecule has 0 aliphatic carbocycles. The van der Waals surface area contributed by atoms with Gasteiger partial charge in [-0.05, 0) is 44.2 Å². The van der Waals surface area contributed by atoms with Crippen LogP contribution in [0.4, 0.5) is 0 Å².